The molecule has 1 aliphatic carbocycles. The molecular formula is C23H33N5O2. The standard InChI is InChI=1S/C23H33N5O2/c1-17(2)14-21-19-5-3-4-18(19)20(15-24)23(25-21)28-8-6-26(7-9-28)16-22(29)27-10-12-30-13-11-27/h17H,3-14,16H2,1-2H3. The third kappa shape index (κ3) is 4.45. The van der Waals surface area contributed by atoms with Crippen LogP contribution in [-0.4, -0.2) is 79.7 Å². The molecule has 2 saturated heterocycles. The van der Waals surface area contributed by atoms with Crippen LogP contribution in [0.4, 0.5) is 5.82 Å². The third-order valence-corrected chi connectivity index (χ3v) is 6.44. The maximum absolute atomic E-state index is 12.6. The SMILES string of the molecule is CC(C)Cc1nc(N2CCN(CC(=O)N3CCOCC3)CC2)c(C#N)c2c1CCC2. The Morgan fingerprint density at radius 2 is 1.80 bits per heavy atom. The van der Waals surface area contributed by atoms with Crippen LogP contribution in [0.3, 0.4) is 0 Å². The molecule has 2 aliphatic heterocycles. The Labute approximate surface area is 179 Å². The number of ether oxygens (including phenoxy) is 1. The van der Waals surface area contributed by atoms with E-state index in [-0.39, 0.29) is 5.91 Å². The summed E-state index contributed by atoms with van der Waals surface area (Å²) in [5.41, 5.74) is 4.55. The Hall–Kier alpha value is -2.17. The molecule has 7 nitrogen and oxygen atoms in total. The van der Waals surface area contributed by atoms with Gasteiger partial charge in [-0.2, -0.15) is 5.26 Å². The van der Waals surface area contributed by atoms with Crippen molar-refractivity contribution in [3.63, 3.8) is 0 Å². The average molecular weight is 412 g/mol. The molecule has 4 rings (SSSR count). The molecule has 1 aromatic rings. The molecule has 1 aromatic heterocycles. The number of carbonyl (C=O) groups excluding carboxylic acids is 1. The van der Waals surface area contributed by atoms with Crippen LogP contribution in [0.5, 0.6) is 0 Å². The lowest BCUT2D eigenvalue weighted by atomic mass is 9.97. The van der Waals surface area contributed by atoms with Crippen LogP contribution in [0, 0.1) is 17.2 Å². The van der Waals surface area contributed by atoms with E-state index in [1.54, 1.807) is 0 Å². The largest absolute Gasteiger partial charge is 0.378 e. The number of amides is 1. The van der Waals surface area contributed by atoms with Gasteiger partial charge in [0.25, 0.3) is 0 Å². The molecule has 30 heavy (non-hydrogen) atoms. The number of anilines is 1. The van der Waals surface area contributed by atoms with Gasteiger partial charge in [0.2, 0.25) is 5.91 Å². The first-order chi connectivity index (χ1) is 14.6. The third-order valence-electron chi connectivity index (χ3n) is 6.44. The van der Waals surface area contributed by atoms with Crippen molar-refractivity contribution in [3.05, 3.63) is 22.4 Å². The molecule has 0 N–H and O–H groups in total. The zero-order valence-electron chi connectivity index (χ0n) is 18.3. The van der Waals surface area contributed by atoms with Gasteiger partial charge in [0, 0.05) is 45.0 Å². The van der Waals surface area contributed by atoms with Gasteiger partial charge in [0.05, 0.1) is 25.3 Å². The van der Waals surface area contributed by atoms with Gasteiger partial charge in [-0.05, 0) is 42.7 Å². The Morgan fingerprint density at radius 1 is 1.10 bits per heavy atom. The molecule has 0 spiro atoms. The molecule has 0 bridgehead atoms. The number of hydrogen-bond acceptors (Lipinski definition) is 6. The summed E-state index contributed by atoms with van der Waals surface area (Å²) < 4.78 is 5.34. The fourth-order valence-electron chi connectivity index (χ4n) is 4.85. The highest BCUT2D eigenvalue weighted by Crippen LogP contribution is 2.34. The Bertz CT molecular complexity index is 818. The molecule has 1 amide bonds. The summed E-state index contributed by atoms with van der Waals surface area (Å²) in [6.45, 7) is 10.8. The monoisotopic (exact) mass is 411 g/mol. The highest BCUT2D eigenvalue weighted by atomic mass is 16.5. The summed E-state index contributed by atoms with van der Waals surface area (Å²) in [6, 6.07) is 2.47. The lowest BCUT2D eigenvalue weighted by Crippen LogP contribution is -2.52. The molecule has 2 fully saturated rings. The van der Waals surface area contributed by atoms with Gasteiger partial charge < -0.3 is 14.5 Å². The summed E-state index contributed by atoms with van der Waals surface area (Å²) in [6.07, 6.45) is 4.14. The lowest BCUT2D eigenvalue weighted by molar-refractivity contribution is -0.136. The van der Waals surface area contributed by atoms with Gasteiger partial charge in [0.15, 0.2) is 0 Å². The van der Waals surface area contributed by atoms with E-state index < -0.39 is 0 Å². The second-order valence-electron chi connectivity index (χ2n) is 9.03. The van der Waals surface area contributed by atoms with Crippen molar-refractivity contribution in [3.8, 4) is 6.07 Å². The van der Waals surface area contributed by atoms with Gasteiger partial charge in [0.1, 0.15) is 11.9 Å². The van der Waals surface area contributed by atoms with E-state index in [0.717, 1.165) is 63.2 Å². The number of nitrogens with zero attached hydrogens (tertiary/aromatic N) is 5. The van der Waals surface area contributed by atoms with E-state index in [1.165, 1.54) is 16.8 Å². The second-order valence-corrected chi connectivity index (χ2v) is 9.03. The van der Waals surface area contributed by atoms with E-state index in [0.29, 0.717) is 38.8 Å². The molecule has 0 unspecified atom stereocenters. The van der Waals surface area contributed by atoms with Crippen molar-refractivity contribution in [2.45, 2.75) is 39.5 Å². The van der Waals surface area contributed by atoms with Crippen molar-refractivity contribution in [1.82, 2.24) is 14.8 Å². The van der Waals surface area contributed by atoms with Crippen LogP contribution in [0.15, 0.2) is 0 Å². The second kappa shape index (κ2) is 9.32. The molecule has 0 aromatic carbocycles. The number of pyridine rings is 1. The normalized spacial score (nSPS) is 19.8. The Kier molecular flexibility index (Phi) is 6.55. The molecule has 0 saturated carbocycles. The first-order valence-electron chi connectivity index (χ1n) is 11.3. The Morgan fingerprint density at radius 3 is 2.47 bits per heavy atom. The van der Waals surface area contributed by atoms with Crippen molar-refractivity contribution < 1.29 is 9.53 Å². The van der Waals surface area contributed by atoms with Crippen molar-refractivity contribution in [2.24, 2.45) is 5.92 Å². The van der Waals surface area contributed by atoms with E-state index in [1.807, 2.05) is 4.90 Å². The summed E-state index contributed by atoms with van der Waals surface area (Å²) in [4.78, 5) is 24.0. The minimum Gasteiger partial charge on any atom is -0.378 e. The lowest BCUT2D eigenvalue weighted by Gasteiger charge is -2.37. The van der Waals surface area contributed by atoms with E-state index >= 15 is 0 Å². The molecule has 162 valence electrons. The zero-order valence-corrected chi connectivity index (χ0v) is 18.3. The summed E-state index contributed by atoms with van der Waals surface area (Å²) in [7, 11) is 0. The highest BCUT2D eigenvalue weighted by Gasteiger charge is 2.29. The van der Waals surface area contributed by atoms with E-state index in [4.69, 9.17) is 9.72 Å². The maximum Gasteiger partial charge on any atom is 0.236 e. The van der Waals surface area contributed by atoms with Gasteiger partial charge in [-0.25, -0.2) is 4.98 Å². The Balaban J connectivity index is 1.45. The zero-order chi connectivity index (χ0) is 21.1. The minimum absolute atomic E-state index is 0.194. The summed E-state index contributed by atoms with van der Waals surface area (Å²) in [5.74, 6) is 1.61. The number of hydrogen-bond donors (Lipinski definition) is 0. The number of rotatable bonds is 5. The van der Waals surface area contributed by atoms with Gasteiger partial charge in [-0.3, -0.25) is 9.69 Å². The van der Waals surface area contributed by atoms with Crippen LogP contribution in [0.2, 0.25) is 0 Å². The highest BCUT2D eigenvalue weighted by molar-refractivity contribution is 5.78. The van der Waals surface area contributed by atoms with Crippen LogP contribution >= 0.6 is 0 Å². The molecular weight excluding hydrogens is 378 g/mol. The van der Waals surface area contributed by atoms with E-state index in [2.05, 4.69) is 29.7 Å². The van der Waals surface area contributed by atoms with Crippen LogP contribution < -0.4 is 4.90 Å². The van der Waals surface area contributed by atoms with E-state index in [9.17, 15) is 10.1 Å². The molecule has 0 atom stereocenters. The predicted molar refractivity (Wildman–Crippen MR) is 116 cm³/mol. The number of morpholine rings is 1. The van der Waals surface area contributed by atoms with Crippen molar-refractivity contribution >= 4 is 11.7 Å². The molecule has 7 heteroatoms. The van der Waals surface area contributed by atoms with Gasteiger partial charge >= 0.3 is 0 Å². The van der Waals surface area contributed by atoms with Crippen molar-refractivity contribution in [1.29, 1.82) is 5.26 Å². The number of nitriles is 1. The fraction of sp³-hybridized carbons (Fsp3) is 0.696. The fourth-order valence-corrected chi connectivity index (χ4v) is 4.85. The van der Waals surface area contributed by atoms with Crippen molar-refractivity contribution in [2.75, 3.05) is 63.9 Å². The quantitative estimate of drug-likeness (QED) is 0.733. The number of piperazine rings is 1. The van der Waals surface area contributed by atoms with Crippen LogP contribution in [0.1, 0.15) is 42.7 Å². The summed E-state index contributed by atoms with van der Waals surface area (Å²) in [5, 5.41) is 9.91. The van der Waals surface area contributed by atoms with Crippen LogP contribution in [-0.2, 0) is 28.8 Å². The smallest absolute Gasteiger partial charge is 0.236 e. The molecule has 0 radical (unpaired) electrons. The first-order valence-corrected chi connectivity index (χ1v) is 11.3. The average Bonchev–Trinajstić information content (AvgIpc) is 3.24. The van der Waals surface area contributed by atoms with Gasteiger partial charge in [-0.15, -0.1) is 0 Å². The molecule has 3 aliphatic rings. The van der Waals surface area contributed by atoms with Crippen LogP contribution in [0.25, 0.3) is 0 Å². The minimum atomic E-state index is 0.194. The maximum atomic E-state index is 12.6. The number of carbonyl (C=O) groups is 1. The molecule has 3 heterocycles. The van der Waals surface area contributed by atoms with Gasteiger partial charge in [-0.1, -0.05) is 13.8 Å². The predicted octanol–water partition coefficient (Wildman–Crippen LogP) is 1.62. The topological polar surface area (TPSA) is 72.7 Å². The number of fused-ring (bicyclic) bond motifs is 1. The number of aromatic nitrogens is 1. The summed E-state index contributed by atoms with van der Waals surface area (Å²) >= 11 is 0. The first kappa shape index (κ1) is 21.1.